The van der Waals surface area contributed by atoms with Crippen molar-refractivity contribution in [2.45, 2.75) is 82.8 Å². The Bertz CT molecular complexity index is 2290. The standard InChI is InChI=1S/C36H41FN6O6S3/c1-34(2,3)31-41-29(30(50-31)25-13-15-38-32(40-25)39-21-17-36(18-21)19-51(45,46)20-36)23-9-7-10-24(28(23)37)42-52(47,48)27-12-8-11-26-22(27)14-16-43(26)33(44)49-35(4,5)6/h7-13,15,21,42H,14,16-20H2,1-6H3,(H,38,39,40). The van der Waals surface area contributed by atoms with Gasteiger partial charge in [0.05, 0.1) is 49.0 Å². The van der Waals surface area contributed by atoms with Crippen molar-refractivity contribution in [1.29, 1.82) is 0 Å². The summed E-state index contributed by atoms with van der Waals surface area (Å²) in [4.78, 5) is 28.8. The zero-order valence-electron chi connectivity index (χ0n) is 29.8. The van der Waals surface area contributed by atoms with Gasteiger partial charge in [-0.2, -0.15) is 0 Å². The number of nitrogens with one attached hydrogen (secondary N) is 2. The molecule has 2 aromatic carbocycles. The molecule has 2 aromatic heterocycles. The first kappa shape index (κ1) is 36.2. The molecular weight excluding hydrogens is 728 g/mol. The highest BCUT2D eigenvalue weighted by atomic mass is 32.2. The molecule has 276 valence electrons. The molecule has 1 aliphatic carbocycles. The minimum absolute atomic E-state index is 0.0465. The zero-order valence-corrected chi connectivity index (χ0v) is 32.2. The predicted octanol–water partition coefficient (Wildman–Crippen LogP) is 6.79. The maximum atomic E-state index is 16.6. The van der Waals surface area contributed by atoms with Gasteiger partial charge < -0.3 is 10.1 Å². The summed E-state index contributed by atoms with van der Waals surface area (Å²) in [6.45, 7) is 11.5. The van der Waals surface area contributed by atoms with Gasteiger partial charge in [-0.3, -0.25) is 9.62 Å². The number of thiazole rings is 1. The van der Waals surface area contributed by atoms with Gasteiger partial charge in [-0.1, -0.05) is 32.9 Å². The Morgan fingerprint density at radius 1 is 1.04 bits per heavy atom. The SMILES string of the molecule is CC(C)(C)OC(=O)N1CCc2c1cccc2S(=O)(=O)Nc1cccc(-c2nc(C(C)(C)C)sc2-c2ccnc(NC3CC4(C3)CS(=O)(=O)C4)n2)c1F. The molecule has 0 radical (unpaired) electrons. The van der Waals surface area contributed by atoms with E-state index in [1.807, 2.05) is 20.8 Å². The van der Waals surface area contributed by atoms with Crippen LogP contribution in [0.5, 0.6) is 0 Å². The summed E-state index contributed by atoms with van der Waals surface area (Å²) < 4.78 is 75.7. The van der Waals surface area contributed by atoms with Crippen LogP contribution in [0.3, 0.4) is 0 Å². The topological polar surface area (TPSA) is 161 Å². The van der Waals surface area contributed by atoms with E-state index in [0.717, 1.165) is 17.8 Å². The smallest absolute Gasteiger partial charge is 0.414 e. The molecule has 1 saturated carbocycles. The number of rotatable bonds is 7. The Labute approximate surface area is 307 Å². The summed E-state index contributed by atoms with van der Waals surface area (Å²) in [5, 5.41) is 4.06. The van der Waals surface area contributed by atoms with Crippen molar-refractivity contribution >= 4 is 54.6 Å². The molecule has 2 fully saturated rings. The van der Waals surface area contributed by atoms with Crippen LogP contribution in [0.4, 0.5) is 26.5 Å². The lowest BCUT2D eigenvalue weighted by Gasteiger charge is -2.53. The fourth-order valence-corrected chi connectivity index (χ4v) is 11.8. The van der Waals surface area contributed by atoms with Crippen LogP contribution in [-0.4, -0.2) is 67.6 Å². The molecule has 2 aliphatic heterocycles. The van der Waals surface area contributed by atoms with E-state index in [1.165, 1.54) is 28.4 Å². The van der Waals surface area contributed by atoms with Gasteiger partial charge in [0, 0.05) is 35.2 Å². The quantitative estimate of drug-likeness (QED) is 0.205. The first-order chi connectivity index (χ1) is 24.2. The molecule has 0 bridgehead atoms. The van der Waals surface area contributed by atoms with E-state index in [0.29, 0.717) is 33.5 Å². The van der Waals surface area contributed by atoms with Gasteiger partial charge in [-0.05, 0) is 75.9 Å². The van der Waals surface area contributed by atoms with Crippen LogP contribution < -0.4 is 14.9 Å². The number of aromatic nitrogens is 3. The van der Waals surface area contributed by atoms with Gasteiger partial charge in [-0.15, -0.1) is 11.3 Å². The zero-order chi connectivity index (χ0) is 37.4. The number of sulfone groups is 1. The normalized spacial score (nSPS) is 18.0. The summed E-state index contributed by atoms with van der Waals surface area (Å²) in [6, 6.07) is 10.9. The summed E-state index contributed by atoms with van der Waals surface area (Å²) in [5.74, 6) is 0.0160. The number of hydrogen-bond acceptors (Lipinski definition) is 11. The van der Waals surface area contributed by atoms with Crippen LogP contribution in [0.2, 0.25) is 0 Å². The Balaban J connectivity index is 1.18. The summed E-state index contributed by atoms with van der Waals surface area (Å²) >= 11 is 1.37. The lowest BCUT2D eigenvalue weighted by atomic mass is 9.67. The van der Waals surface area contributed by atoms with Crippen molar-refractivity contribution in [3.05, 3.63) is 65.0 Å². The summed E-state index contributed by atoms with van der Waals surface area (Å²) in [6.07, 6.45) is 2.76. The number of hydrogen-bond donors (Lipinski definition) is 2. The van der Waals surface area contributed by atoms with Crippen LogP contribution in [0.15, 0.2) is 53.6 Å². The number of sulfonamides is 1. The summed E-state index contributed by atoms with van der Waals surface area (Å²) in [5.41, 5.74) is 0.282. The Morgan fingerprint density at radius 3 is 2.42 bits per heavy atom. The molecule has 52 heavy (non-hydrogen) atoms. The van der Waals surface area contributed by atoms with E-state index >= 15 is 4.39 Å². The van der Waals surface area contributed by atoms with Crippen molar-refractivity contribution in [3.8, 4) is 21.8 Å². The molecule has 4 heterocycles. The van der Waals surface area contributed by atoms with Gasteiger partial charge >= 0.3 is 6.09 Å². The third kappa shape index (κ3) is 6.99. The molecule has 4 aromatic rings. The van der Waals surface area contributed by atoms with Crippen LogP contribution >= 0.6 is 11.3 Å². The van der Waals surface area contributed by atoms with Crippen LogP contribution in [-0.2, 0) is 36.4 Å². The predicted molar refractivity (Wildman–Crippen MR) is 199 cm³/mol. The van der Waals surface area contributed by atoms with E-state index < -0.39 is 37.4 Å². The second kappa shape index (κ2) is 12.5. The molecule has 12 nitrogen and oxygen atoms in total. The van der Waals surface area contributed by atoms with Gasteiger partial charge in [-0.25, -0.2) is 41.0 Å². The van der Waals surface area contributed by atoms with Crippen LogP contribution in [0.1, 0.15) is 65.0 Å². The average molecular weight is 769 g/mol. The molecule has 1 spiro atoms. The largest absolute Gasteiger partial charge is 0.443 e. The van der Waals surface area contributed by atoms with Crippen molar-refractivity contribution in [1.82, 2.24) is 15.0 Å². The number of carbonyl (C=O) groups is 1. The fourth-order valence-electron chi connectivity index (χ4n) is 7.10. The molecule has 3 aliphatic rings. The molecular formula is C36H41FN6O6S3. The maximum absolute atomic E-state index is 16.6. The van der Waals surface area contributed by atoms with Gasteiger partial charge in [0.25, 0.3) is 10.0 Å². The molecule has 1 amide bonds. The Kier molecular flexibility index (Phi) is 8.69. The van der Waals surface area contributed by atoms with Crippen molar-refractivity contribution in [2.75, 3.05) is 33.0 Å². The summed E-state index contributed by atoms with van der Waals surface area (Å²) in [7, 11) is -7.22. The number of anilines is 3. The van der Waals surface area contributed by atoms with Crippen molar-refractivity contribution in [2.24, 2.45) is 5.41 Å². The van der Waals surface area contributed by atoms with E-state index in [2.05, 4.69) is 15.0 Å². The first-order valence-corrected chi connectivity index (χ1v) is 21.1. The number of nitrogens with zero attached hydrogens (tertiary/aromatic N) is 4. The third-order valence-electron chi connectivity index (χ3n) is 9.29. The molecule has 0 unspecified atom stereocenters. The minimum Gasteiger partial charge on any atom is -0.443 e. The number of benzene rings is 2. The molecule has 7 rings (SSSR count). The maximum Gasteiger partial charge on any atom is 0.414 e. The molecule has 2 N–H and O–H groups in total. The van der Waals surface area contributed by atoms with Gasteiger partial charge in [0.15, 0.2) is 15.7 Å². The number of fused-ring (bicyclic) bond motifs is 1. The minimum atomic E-state index is -4.30. The molecule has 1 saturated heterocycles. The third-order valence-corrected chi connectivity index (χ3v) is 14.3. The highest BCUT2D eigenvalue weighted by molar-refractivity contribution is 7.93. The number of ether oxygens (including phenoxy) is 1. The van der Waals surface area contributed by atoms with Crippen molar-refractivity contribution < 1.29 is 30.8 Å². The highest BCUT2D eigenvalue weighted by Crippen LogP contribution is 2.51. The average Bonchev–Trinajstić information content (AvgIpc) is 3.65. The van der Waals surface area contributed by atoms with Gasteiger partial charge in [0.2, 0.25) is 5.95 Å². The van der Waals surface area contributed by atoms with Crippen LogP contribution in [0.25, 0.3) is 21.8 Å². The monoisotopic (exact) mass is 768 g/mol. The lowest BCUT2D eigenvalue weighted by Crippen LogP contribution is -2.60. The van der Waals surface area contributed by atoms with E-state index in [-0.39, 0.29) is 57.5 Å². The number of halogens is 1. The second-order valence-electron chi connectivity index (χ2n) is 15.9. The number of carbonyl (C=O) groups excluding carboxylic acids is 1. The van der Waals surface area contributed by atoms with Crippen molar-refractivity contribution in [3.63, 3.8) is 0 Å². The fraction of sp³-hybridized carbons (Fsp3) is 0.444. The Hall–Kier alpha value is -4.15. The second-order valence-corrected chi connectivity index (χ2v) is 20.6. The van der Waals surface area contributed by atoms with E-state index in [1.54, 1.807) is 57.3 Å². The van der Waals surface area contributed by atoms with Crippen LogP contribution in [0, 0.1) is 11.2 Å². The Morgan fingerprint density at radius 2 is 1.75 bits per heavy atom. The van der Waals surface area contributed by atoms with Gasteiger partial charge in [0.1, 0.15) is 5.60 Å². The first-order valence-electron chi connectivity index (χ1n) is 17.0. The van der Waals surface area contributed by atoms with E-state index in [4.69, 9.17) is 14.7 Å². The molecule has 0 atom stereocenters. The highest BCUT2D eigenvalue weighted by Gasteiger charge is 2.56. The lowest BCUT2D eigenvalue weighted by molar-refractivity contribution is 0.0584. The molecule has 16 heteroatoms. The number of amides is 1. The van der Waals surface area contributed by atoms with E-state index in [9.17, 15) is 21.6 Å².